The second-order valence-corrected chi connectivity index (χ2v) is 15.4. The molecule has 0 amide bonds. The van der Waals surface area contributed by atoms with E-state index in [9.17, 15) is 9.59 Å². The van der Waals surface area contributed by atoms with Gasteiger partial charge in [0.15, 0.2) is 11.2 Å². The molecule has 8 rings (SSSR count). The number of carboxylic acids is 2. The first kappa shape index (κ1) is 42.0. The summed E-state index contributed by atoms with van der Waals surface area (Å²) in [6.45, 7) is 7.30. The second kappa shape index (κ2) is 22.4. The van der Waals surface area contributed by atoms with Crippen molar-refractivity contribution in [2.45, 2.75) is 64.2 Å². The number of carboxylic acid groups (broad SMARTS) is 2. The van der Waals surface area contributed by atoms with Crippen LogP contribution in [0.4, 0.5) is 0 Å². The smallest absolute Gasteiger partial charge is 0.328 e. The Labute approximate surface area is 341 Å². The molecule has 2 aliphatic rings. The highest BCUT2D eigenvalue weighted by Crippen LogP contribution is 2.27. The van der Waals surface area contributed by atoms with E-state index in [0.717, 1.165) is 60.1 Å². The maximum Gasteiger partial charge on any atom is 0.328 e. The van der Waals surface area contributed by atoms with E-state index in [4.69, 9.17) is 19.3 Å². The molecule has 2 aliphatic heterocycles. The standard InChI is InChI=1S/2C22H26N2O.C4H4O4/c2*1-2-6-18(7-3-1)12-15-24-16-13-19(14-17-24)10-11-21-20-8-4-5-9-22(20)25-23-21;5-3(6)1-2-4(7)8/h2*1-9,19H,10-17H2;1-2H,(H,5,6)(H,7,8)/b;;2-1-. The fourth-order valence-electron chi connectivity index (χ4n) is 7.92. The number of aryl methyl sites for hydroxylation is 2. The largest absolute Gasteiger partial charge is 0.478 e. The van der Waals surface area contributed by atoms with E-state index in [0.29, 0.717) is 12.2 Å². The van der Waals surface area contributed by atoms with E-state index in [1.54, 1.807) is 0 Å². The van der Waals surface area contributed by atoms with E-state index in [1.807, 2.05) is 24.3 Å². The molecule has 0 spiro atoms. The second-order valence-electron chi connectivity index (χ2n) is 15.4. The van der Waals surface area contributed by atoms with Crippen molar-refractivity contribution in [1.29, 1.82) is 0 Å². The van der Waals surface area contributed by atoms with Gasteiger partial charge in [0.25, 0.3) is 0 Å². The van der Waals surface area contributed by atoms with Crippen molar-refractivity contribution in [1.82, 2.24) is 20.1 Å². The first-order chi connectivity index (χ1) is 28.4. The number of aliphatic carboxylic acids is 2. The van der Waals surface area contributed by atoms with Gasteiger partial charge >= 0.3 is 11.9 Å². The van der Waals surface area contributed by atoms with Gasteiger partial charge in [0.2, 0.25) is 0 Å². The van der Waals surface area contributed by atoms with Gasteiger partial charge in [0.1, 0.15) is 0 Å². The van der Waals surface area contributed by atoms with Crippen LogP contribution in [0.15, 0.2) is 130 Å². The summed E-state index contributed by atoms with van der Waals surface area (Å²) < 4.78 is 10.8. The average molecular weight is 785 g/mol. The summed E-state index contributed by atoms with van der Waals surface area (Å²) in [4.78, 5) is 24.3. The highest BCUT2D eigenvalue weighted by Gasteiger charge is 2.21. The lowest BCUT2D eigenvalue weighted by Gasteiger charge is -2.31. The van der Waals surface area contributed by atoms with Crippen LogP contribution in [-0.2, 0) is 35.3 Å². The maximum atomic E-state index is 9.55. The van der Waals surface area contributed by atoms with E-state index in [1.165, 1.54) is 99.7 Å². The molecular formula is C48H56N4O6. The van der Waals surface area contributed by atoms with Crippen molar-refractivity contribution in [3.05, 3.63) is 144 Å². The molecule has 0 saturated carbocycles. The molecule has 0 bridgehead atoms. The summed E-state index contributed by atoms with van der Waals surface area (Å²) in [5.74, 6) is -0.869. The number of piperidine rings is 2. The van der Waals surface area contributed by atoms with Gasteiger partial charge in [0.05, 0.1) is 11.4 Å². The van der Waals surface area contributed by atoms with Crippen molar-refractivity contribution >= 4 is 33.9 Å². The molecule has 2 N–H and O–H groups in total. The molecule has 10 heteroatoms. The summed E-state index contributed by atoms with van der Waals surface area (Å²) in [6.07, 6.45) is 13.2. The number of carbonyl (C=O) groups is 2. The van der Waals surface area contributed by atoms with Crippen LogP contribution in [0.25, 0.3) is 21.9 Å². The van der Waals surface area contributed by atoms with Crippen LogP contribution in [0.5, 0.6) is 0 Å². The molecule has 6 aromatic rings. The zero-order valence-electron chi connectivity index (χ0n) is 33.3. The molecule has 10 nitrogen and oxygen atoms in total. The molecule has 304 valence electrons. The SMILES string of the molecule is O=C(O)/C=C\C(=O)O.c1ccc(CCN2CCC(CCc3noc4ccccc34)CC2)cc1.c1ccc(CCN2CCC(CCc3noc4ccccc34)CC2)cc1. The molecule has 2 fully saturated rings. The summed E-state index contributed by atoms with van der Waals surface area (Å²) in [7, 11) is 0. The van der Waals surface area contributed by atoms with Crippen LogP contribution in [0, 0.1) is 11.8 Å². The third-order valence-electron chi connectivity index (χ3n) is 11.4. The molecule has 4 aromatic carbocycles. The van der Waals surface area contributed by atoms with E-state index < -0.39 is 11.9 Å². The van der Waals surface area contributed by atoms with Gasteiger partial charge < -0.3 is 29.1 Å². The molecule has 4 heterocycles. The molecular weight excluding hydrogens is 729 g/mol. The minimum Gasteiger partial charge on any atom is -0.478 e. The zero-order chi connectivity index (χ0) is 40.4. The lowest BCUT2D eigenvalue weighted by Crippen LogP contribution is -2.35. The van der Waals surface area contributed by atoms with E-state index >= 15 is 0 Å². The minimum absolute atomic E-state index is 0.558. The normalized spacial score (nSPS) is 15.5. The van der Waals surface area contributed by atoms with E-state index in [-0.39, 0.29) is 0 Å². The number of likely N-dealkylation sites (tertiary alicyclic amines) is 2. The molecule has 58 heavy (non-hydrogen) atoms. The fourth-order valence-corrected chi connectivity index (χ4v) is 7.92. The highest BCUT2D eigenvalue weighted by atomic mass is 16.5. The van der Waals surface area contributed by atoms with Crippen LogP contribution >= 0.6 is 0 Å². The first-order valence-electron chi connectivity index (χ1n) is 20.7. The van der Waals surface area contributed by atoms with Crippen molar-refractivity contribution in [3.8, 4) is 0 Å². The molecule has 2 saturated heterocycles. The highest BCUT2D eigenvalue weighted by molar-refractivity contribution is 5.89. The minimum atomic E-state index is -1.26. The van der Waals surface area contributed by atoms with Gasteiger partial charge in [-0.15, -0.1) is 0 Å². The summed E-state index contributed by atoms with van der Waals surface area (Å²) in [5, 5.41) is 26.5. The number of hydrogen-bond donors (Lipinski definition) is 2. The summed E-state index contributed by atoms with van der Waals surface area (Å²) in [5.41, 5.74) is 6.97. The monoisotopic (exact) mass is 784 g/mol. The van der Waals surface area contributed by atoms with Gasteiger partial charge in [0, 0.05) is 36.0 Å². The number of nitrogens with zero attached hydrogens (tertiary/aromatic N) is 4. The van der Waals surface area contributed by atoms with Gasteiger partial charge in [-0.25, -0.2) is 9.59 Å². The van der Waals surface area contributed by atoms with Crippen LogP contribution in [-0.4, -0.2) is 81.5 Å². The number of para-hydroxylation sites is 2. The Bertz CT molecular complexity index is 1990. The van der Waals surface area contributed by atoms with Gasteiger partial charge in [-0.05, 0) is 138 Å². The van der Waals surface area contributed by atoms with Crippen molar-refractivity contribution in [2.75, 3.05) is 39.3 Å². The van der Waals surface area contributed by atoms with Gasteiger partial charge in [-0.1, -0.05) is 95.2 Å². The van der Waals surface area contributed by atoms with Crippen LogP contribution in [0.3, 0.4) is 0 Å². The Balaban J connectivity index is 0.000000165. The predicted octanol–water partition coefficient (Wildman–Crippen LogP) is 9.14. The van der Waals surface area contributed by atoms with Crippen molar-refractivity contribution < 1.29 is 28.8 Å². The Morgan fingerprint density at radius 2 is 0.897 bits per heavy atom. The third kappa shape index (κ3) is 13.5. The number of rotatable bonds is 14. The Kier molecular flexibility index (Phi) is 16.2. The van der Waals surface area contributed by atoms with Gasteiger partial charge in [-0.2, -0.15) is 0 Å². The number of fused-ring (bicyclic) bond motifs is 2. The van der Waals surface area contributed by atoms with Crippen LogP contribution in [0.2, 0.25) is 0 Å². The topological polar surface area (TPSA) is 133 Å². The number of aromatic nitrogens is 2. The Morgan fingerprint density at radius 1 is 0.534 bits per heavy atom. The molecule has 2 aromatic heterocycles. The predicted molar refractivity (Wildman–Crippen MR) is 228 cm³/mol. The molecule has 0 aliphatic carbocycles. The Hall–Kier alpha value is -5.58. The maximum absolute atomic E-state index is 9.55. The number of benzene rings is 4. The molecule has 0 radical (unpaired) electrons. The average Bonchev–Trinajstić information content (AvgIpc) is 3.89. The van der Waals surface area contributed by atoms with Crippen LogP contribution in [0.1, 0.15) is 61.0 Å². The third-order valence-corrected chi connectivity index (χ3v) is 11.4. The van der Waals surface area contributed by atoms with Crippen molar-refractivity contribution in [3.63, 3.8) is 0 Å². The van der Waals surface area contributed by atoms with Gasteiger partial charge in [-0.3, -0.25) is 0 Å². The molecule has 0 atom stereocenters. The number of hydrogen-bond acceptors (Lipinski definition) is 8. The van der Waals surface area contributed by atoms with Crippen molar-refractivity contribution in [2.24, 2.45) is 11.8 Å². The zero-order valence-corrected chi connectivity index (χ0v) is 33.3. The van der Waals surface area contributed by atoms with E-state index in [2.05, 4.69) is 105 Å². The van der Waals surface area contributed by atoms with Crippen LogP contribution < -0.4 is 0 Å². The summed E-state index contributed by atoms with van der Waals surface area (Å²) >= 11 is 0. The lowest BCUT2D eigenvalue weighted by molar-refractivity contribution is -0.134. The lowest BCUT2D eigenvalue weighted by atomic mass is 9.91. The first-order valence-corrected chi connectivity index (χ1v) is 20.7. The Morgan fingerprint density at radius 3 is 1.28 bits per heavy atom. The molecule has 0 unspecified atom stereocenters. The summed E-state index contributed by atoms with van der Waals surface area (Å²) in [6, 6.07) is 38.0. The quantitative estimate of drug-likeness (QED) is 0.103. The fraction of sp³-hybridized carbons (Fsp3) is 0.375.